The molecule has 11 rings (SSSR count). The molecule has 0 radical (unpaired) electrons. The lowest BCUT2D eigenvalue weighted by molar-refractivity contribution is 1.15. The molecule has 54 heavy (non-hydrogen) atoms. The molecule has 0 aliphatic carbocycles. The van der Waals surface area contributed by atoms with Crippen molar-refractivity contribution in [1.29, 1.82) is 0 Å². The standard InChI is InChI=1S/C50H34N2SSi/c1-4-16-37(17-5-1)54(38-18-6-2-7-19-38,39-20-8-3-9-21-39)40-32-33-47-44(34-40)41-22-10-13-25-45(41)51(47)35-28-30-36(31-29-35)52-46-26-14-11-23-42(46)49-43-24-12-15-27-48(43)53-50(49)52/h1-34H. The number of fused-ring (bicyclic) bond motifs is 8. The monoisotopic (exact) mass is 722 g/mol. The second-order valence-corrected chi connectivity index (χ2v) is 18.9. The number of benzene rings is 8. The van der Waals surface area contributed by atoms with Gasteiger partial charge in [0.2, 0.25) is 0 Å². The van der Waals surface area contributed by atoms with Gasteiger partial charge in [-0.15, -0.1) is 11.3 Å². The molecule has 0 fully saturated rings. The van der Waals surface area contributed by atoms with Gasteiger partial charge in [-0.3, -0.25) is 0 Å². The van der Waals surface area contributed by atoms with Gasteiger partial charge in [-0.25, -0.2) is 0 Å². The summed E-state index contributed by atoms with van der Waals surface area (Å²) in [4.78, 5) is 1.29. The highest BCUT2D eigenvalue weighted by Crippen LogP contribution is 2.42. The number of aromatic nitrogens is 2. The molecule has 4 heteroatoms. The van der Waals surface area contributed by atoms with Crippen LogP contribution < -0.4 is 20.7 Å². The zero-order valence-corrected chi connectivity index (χ0v) is 31.2. The van der Waals surface area contributed by atoms with Gasteiger partial charge in [0.1, 0.15) is 4.83 Å². The highest BCUT2D eigenvalue weighted by molar-refractivity contribution is 7.25. The highest BCUT2D eigenvalue weighted by atomic mass is 32.1. The topological polar surface area (TPSA) is 9.86 Å². The Bertz CT molecular complexity index is 3040. The molecule has 3 aromatic heterocycles. The van der Waals surface area contributed by atoms with Gasteiger partial charge >= 0.3 is 0 Å². The average molecular weight is 723 g/mol. The lowest BCUT2D eigenvalue weighted by Crippen LogP contribution is -2.74. The fraction of sp³-hybridized carbons (Fsp3) is 0. The van der Waals surface area contributed by atoms with E-state index in [1.807, 2.05) is 11.3 Å². The molecule has 2 nitrogen and oxygen atoms in total. The Morgan fingerprint density at radius 1 is 0.333 bits per heavy atom. The van der Waals surface area contributed by atoms with Gasteiger partial charge in [0.05, 0.1) is 16.6 Å². The van der Waals surface area contributed by atoms with Crippen molar-refractivity contribution in [3.8, 4) is 11.4 Å². The van der Waals surface area contributed by atoms with Crippen LogP contribution in [0.25, 0.3) is 64.4 Å². The second-order valence-electron chi connectivity index (χ2n) is 14.1. The summed E-state index contributed by atoms with van der Waals surface area (Å²) in [6.07, 6.45) is 0. The van der Waals surface area contributed by atoms with Crippen LogP contribution in [0.3, 0.4) is 0 Å². The van der Waals surface area contributed by atoms with Gasteiger partial charge in [-0.05, 0) is 69.3 Å². The van der Waals surface area contributed by atoms with E-state index in [0.29, 0.717) is 0 Å². The predicted octanol–water partition coefficient (Wildman–Crippen LogP) is 10.5. The molecule has 3 heterocycles. The largest absolute Gasteiger partial charge is 0.309 e. The first-order valence-corrected chi connectivity index (χ1v) is 21.3. The molecule has 0 atom stereocenters. The van der Waals surface area contributed by atoms with E-state index in [9.17, 15) is 0 Å². The normalized spacial score (nSPS) is 12.1. The number of para-hydroxylation sites is 2. The number of thiophene rings is 1. The average Bonchev–Trinajstić information content (AvgIpc) is 3.89. The first-order valence-electron chi connectivity index (χ1n) is 18.5. The zero-order chi connectivity index (χ0) is 35.6. The Hall–Kier alpha value is -6.46. The maximum absolute atomic E-state index is 2.68. The van der Waals surface area contributed by atoms with E-state index in [0.717, 1.165) is 5.69 Å². The summed E-state index contributed by atoms with van der Waals surface area (Å²) < 4.78 is 6.21. The zero-order valence-electron chi connectivity index (χ0n) is 29.4. The van der Waals surface area contributed by atoms with Crippen LogP contribution in [-0.4, -0.2) is 17.2 Å². The molecule has 0 N–H and O–H groups in total. The van der Waals surface area contributed by atoms with Crippen molar-refractivity contribution in [3.63, 3.8) is 0 Å². The summed E-state index contributed by atoms with van der Waals surface area (Å²) in [5.41, 5.74) is 5.98. The third-order valence-corrected chi connectivity index (χ3v) is 17.2. The summed E-state index contributed by atoms with van der Waals surface area (Å²) >= 11 is 1.87. The summed E-state index contributed by atoms with van der Waals surface area (Å²) in [7, 11) is -2.68. The Kier molecular flexibility index (Phi) is 7.09. The van der Waals surface area contributed by atoms with Crippen LogP contribution in [0.4, 0.5) is 0 Å². The first kappa shape index (κ1) is 31.1. The van der Waals surface area contributed by atoms with E-state index in [1.165, 1.54) is 79.4 Å². The maximum Gasteiger partial charge on any atom is 0.179 e. The third kappa shape index (κ3) is 4.51. The molecule has 0 aliphatic heterocycles. The van der Waals surface area contributed by atoms with Crippen LogP contribution in [0.1, 0.15) is 0 Å². The van der Waals surface area contributed by atoms with Crippen molar-refractivity contribution in [3.05, 3.63) is 206 Å². The maximum atomic E-state index is 2.51. The van der Waals surface area contributed by atoms with Crippen LogP contribution in [0, 0.1) is 0 Å². The number of nitrogens with zero attached hydrogens (tertiary/aromatic N) is 2. The smallest absolute Gasteiger partial charge is 0.179 e. The highest BCUT2D eigenvalue weighted by Gasteiger charge is 2.41. The minimum absolute atomic E-state index is 1.15. The van der Waals surface area contributed by atoms with Crippen molar-refractivity contribution < 1.29 is 0 Å². The molecule has 0 saturated carbocycles. The van der Waals surface area contributed by atoms with Crippen LogP contribution in [0.2, 0.25) is 0 Å². The Morgan fingerprint density at radius 3 is 1.41 bits per heavy atom. The van der Waals surface area contributed by atoms with Crippen molar-refractivity contribution in [1.82, 2.24) is 9.13 Å². The van der Waals surface area contributed by atoms with E-state index < -0.39 is 8.07 Å². The van der Waals surface area contributed by atoms with Crippen LogP contribution in [0.5, 0.6) is 0 Å². The molecular weight excluding hydrogens is 689 g/mol. The molecular formula is C50H34N2SSi. The van der Waals surface area contributed by atoms with E-state index in [1.54, 1.807) is 0 Å². The molecule has 0 unspecified atom stereocenters. The van der Waals surface area contributed by atoms with Crippen LogP contribution >= 0.6 is 11.3 Å². The van der Waals surface area contributed by atoms with Gasteiger partial charge in [0.15, 0.2) is 8.07 Å². The molecule has 0 amide bonds. The van der Waals surface area contributed by atoms with E-state index in [-0.39, 0.29) is 0 Å². The minimum atomic E-state index is -2.68. The van der Waals surface area contributed by atoms with Crippen molar-refractivity contribution in [2.75, 3.05) is 0 Å². The molecule has 11 aromatic rings. The van der Waals surface area contributed by atoms with Crippen LogP contribution in [-0.2, 0) is 0 Å². The summed E-state index contributed by atoms with van der Waals surface area (Å²) in [5, 5.41) is 12.0. The number of hydrogen-bond donors (Lipinski definition) is 0. The van der Waals surface area contributed by atoms with Gasteiger partial charge in [0, 0.05) is 43.0 Å². The molecule has 0 bridgehead atoms. The Balaban J connectivity index is 1.12. The van der Waals surface area contributed by atoms with Crippen molar-refractivity contribution >= 4 is 93.2 Å². The lowest BCUT2D eigenvalue weighted by Gasteiger charge is -2.34. The molecule has 8 aromatic carbocycles. The number of hydrogen-bond acceptors (Lipinski definition) is 1. The lowest BCUT2D eigenvalue weighted by atomic mass is 10.1. The molecule has 0 aliphatic rings. The summed E-state index contributed by atoms with van der Waals surface area (Å²) in [6.45, 7) is 0. The molecule has 0 saturated heterocycles. The SMILES string of the molecule is c1ccc([Si](c2ccccc2)(c2ccccc2)c2ccc3c(c2)c2ccccc2n3-c2ccc(-n3c4ccccc4c4c5ccccc5sc43)cc2)cc1. The quantitative estimate of drug-likeness (QED) is 0.119. The summed E-state index contributed by atoms with van der Waals surface area (Å²) in [5.74, 6) is 0. The van der Waals surface area contributed by atoms with E-state index in [2.05, 4.69) is 215 Å². The van der Waals surface area contributed by atoms with Crippen molar-refractivity contribution in [2.45, 2.75) is 0 Å². The first-order chi connectivity index (χ1) is 26.8. The van der Waals surface area contributed by atoms with E-state index >= 15 is 0 Å². The summed E-state index contributed by atoms with van der Waals surface area (Å²) in [6, 6.07) is 76.5. The van der Waals surface area contributed by atoms with Crippen LogP contribution in [0.15, 0.2) is 206 Å². The van der Waals surface area contributed by atoms with Crippen molar-refractivity contribution in [2.24, 2.45) is 0 Å². The van der Waals surface area contributed by atoms with Gasteiger partial charge in [-0.2, -0.15) is 0 Å². The molecule has 254 valence electrons. The Morgan fingerprint density at radius 2 is 0.796 bits per heavy atom. The number of rotatable bonds is 6. The fourth-order valence-corrected chi connectivity index (χ4v) is 15.0. The molecule has 0 spiro atoms. The van der Waals surface area contributed by atoms with E-state index in [4.69, 9.17) is 0 Å². The van der Waals surface area contributed by atoms with Gasteiger partial charge < -0.3 is 9.13 Å². The third-order valence-electron chi connectivity index (χ3n) is 11.3. The second kappa shape index (κ2) is 12.3. The predicted molar refractivity (Wildman–Crippen MR) is 234 cm³/mol. The van der Waals surface area contributed by atoms with Gasteiger partial charge in [0.25, 0.3) is 0 Å². The Labute approximate surface area is 318 Å². The fourth-order valence-electron chi connectivity index (χ4n) is 9.00. The minimum Gasteiger partial charge on any atom is -0.309 e. The van der Waals surface area contributed by atoms with Gasteiger partial charge in [-0.1, -0.05) is 158 Å².